The van der Waals surface area contributed by atoms with Gasteiger partial charge in [-0.1, -0.05) is 17.7 Å². The summed E-state index contributed by atoms with van der Waals surface area (Å²) in [5, 5.41) is 0. The Morgan fingerprint density at radius 2 is 1.61 bits per heavy atom. The smallest absolute Gasteiger partial charge is 0.344 e. The van der Waals surface area contributed by atoms with Crippen molar-refractivity contribution in [1.82, 2.24) is 0 Å². The molecule has 0 amide bonds. The number of hydrogen-bond donors (Lipinski definition) is 0. The highest BCUT2D eigenvalue weighted by Gasteiger charge is 2.67. The van der Waals surface area contributed by atoms with Gasteiger partial charge in [-0.05, 0) is 87.3 Å². The number of esters is 1. The summed E-state index contributed by atoms with van der Waals surface area (Å²) in [5.74, 6) is 4.70. The maximum atomic E-state index is 12.4. The molecule has 0 N–H and O–H groups in total. The Hall–Kier alpha value is -2.49. The van der Waals surface area contributed by atoms with Crippen molar-refractivity contribution in [3.8, 4) is 17.2 Å². The molecule has 2 aromatic rings. The van der Waals surface area contributed by atoms with E-state index >= 15 is 0 Å². The Bertz CT molecular complexity index is 866. The summed E-state index contributed by atoms with van der Waals surface area (Å²) in [7, 11) is 0. The van der Waals surface area contributed by atoms with E-state index in [1.165, 1.54) is 24.8 Å². The maximum absolute atomic E-state index is 12.4. The van der Waals surface area contributed by atoms with Gasteiger partial charge < -0.3 is 14.2 Å². The molecule has 3 aliphatic rings. The lowest BCUT2D eigenvalue weighted by Gasteiger charge is -2.52. The molecule has 5 atom stereocenters. The number of benzene rings is 2. The van der Waals surface area contributed by atoms with Crippen molar-refractivity contribution in [1.29, 1.82) is 0 Å². The predicted octanol–water partition coefficient (Wildman–Crippen LogP) is 5.14. The van der Waals surface area contributed by atoms with Crippen molar-refractivity contribution in [3.63, 3.8) is 0 Å². The fourth-order valence-electron chi connectivity index (χ4n) is 5.58. The zero-order valence-electron chi connectivity index (χ0n) is 16.4. The molecule has 5 rings (SSSR count). The van der Waals surface area contributed by atoms with Crippen LogP contribution in [0.5, 0.6) is 17.2 Å². The number of carbonyl (C=O) groups excluding carboxylic acids is 1. The number of rotatable bonds is 6. The summed E-state index contributed by atoms with van der Waals surface area (Å²) in [4.78, 5) is 12.4. The van der Waals surface area contributed by atoms with E-state index in [0.29, 0.717) is 17.6 Å². The van der Waals surface area contributed by atoms with Crippen LogP contribution in [0, 0.1) is 30.6 Å². The van der Waals surface area contributed by atoms with Crippen LogP contribution in [0.15, 0.2) is 48.5 Å². The van der Waals surface area contributed by atoms with E-state index in [9.17, 15) is 4.79 Å². The zero-order valence-corrected chi connectivity index (χ0v) is 16.4. The van der Waals surface area contributed by atoms with Crippen LogP contribution in [0.1, 0.15) is 31.7 Å². The molecule has 0 heterocycles. The van der Waals surface area contributed by atoms with Crippen molar-refractivity contribution in [2.75, 3.05) is 6.61 Å². The lowest BCUT2D eigenvalue weighted by Crippen LogP contribution is -2.53. The Labute approximate surface area is 165 Å². The third-order valence-corrected chi connectivity index (χ3v) is 7.14. The van der Waals surface area contributed by atoms with Gasteiger partial charge in [0.2, 0.25) is 0 Å². The second kappa shape index (κ2) is 6.54. The van der Waals surface area contributed by atoms with Gasteiger partial charge in [-0.2, -0.15) is 0 Å². The standard InChI is InChI=1S/C24H26O4/c1-15-3-5-19(6-4-15)27-20-9-7-18(8-10-20)26-14-23(25)28-24(2)17-11-16-12-22(24)21(16)13-17/h3-10,16-17,21-22H,11-14H2,1-2H3. The molecule has 0 spiro atoms. The highest BCUT2D eigenvalue weighted by Crippen LogP contribution is 2.68. The van der Waals surface area contributed by atoms with Crippen molar-refractivity contribution >= 4 is 5.97 Å². The van der Waals surface area contributed by atoms with Gasteiger partial charge in [0.15, 0.2) is 6.61 Å². The summed E-state index contributed by atoms with van der Waals surface area (Å²) < 4.78 is 17.4. The highest BCUT2D eigenvalue weighted by molar-refractivity contribution is 5.72. The SMILES string of the molecule is Cc1ccc(Oc2ccc(OCC(=O)OC3(C)C4CC5CC3C5C4)cc2)cc1. The molecule has 4 heteroatoms. The minimum Gasteiger partial charge on any atom is -0.482 e. The minimum atomic E-state index is -0.272. The van der Waals surface area contributed by atoms with Gasteiger partial charge in [0, 0.05) is 5.92 Å². The average Bonchev–Trinajstić information content (AvgIpc) is 3.09. The Balaban J connectivity index is 1.14. The average molecular weight is 378 g/mol. The van der Waals surface area contributed by atoms with E-state index < -0.39 is 0 Å². The first-order valence-electron chi connectivity index (χ1n) is 10.2. The Morgan fingerprint density at radius 3 is 2.21 bits per heavy atom. The first-order valence-corrected chi connectivity index (χ1v) is 10.2. The van der Waals surface area contributed by atoms with Crippen LogP contribution >= 0.6 is 0 Å². The predicted molar refractivity (Wildman–Crippen MR) is 105 cm³/mol. The van der Waals surface area contributed by atoms with E-state index in [1.54, 1.807) is 0 Å². The second-order valence-corrected chi connectivity index (χ2v) is 8.77. The van der Waals surface area contributed by atoms with E-state index in [1.807, 2.05) is 55.5 Å². The second-order valence-electron chi connectivity index (χ2n) is 8.77. The Morgan fingerprint density at radius 1 is 0.964 bits per heavy atom. The molecule has 0 aromatic heterocycles. The van der Waals surface area contributed by atoms with Crippen molar-refractivity contribution in [2.24, 2.45) is 23.7 Å². The summed E-state index contributed by atoms with van der Waals surface area (Å²) in [6.07, 6.45) is 3.70. The van der Waals surface area contributed by atoms with Crippen molar-refractivity contribution < 1.29 is 19.0 Å². The van der Waals surface area contributed by atoms with Gasteiger partial charge in [-0.15, -0.1) is 0 Å². The van der Waals surface area contributed by atoms with E-state index in [0.717, 1.165) is 23.3 Å². The van der Waals surface area contributed by atoms with Gasteiger partial charge in [-0.3, -0.25) is 0 Å². The molecule has 2 aromatic carbocycles. The third-order valence-electron chi connectivity index (χ3n) is 7.14. The number of aryl methyl sites for hydroxylation is 1. The summed E-state index contributed by atoms with van der Waals surface area (Å²) in [5.41, 5.74) is 0.922. The lowest BCUT2D eigenvalue weighted by molar-refractivity contribution is -0.187. The summed E-state index contributed by atoms with van der Waals surface area (Å²) in [6, 6.07) is 15.2. The van der Waals surface area contributed by atoms with Crippen molar-refractivity contribution in [2.45, 2.75) is 38.7 Å². The Kier molecular flexibility index (Phi) is 4.11. The van der Waals surface area contributed by atoms with E-state index in [2.05, 4.69) is 6.92 Å². The molecule has 3 aliphatic carbocycles. The van der Waals surface area contributed by atoms with Gasteiger partial charge in [0.25, 0.3) is 0 Å². The van der Waals surface area contributed by atoms with Gasteiger partial charge in [-0.25, -0.2) is 4.79 Å². The molecule has 146 valence electrons. The van der Waals surface area contributed by atoms with Crippen LogP contribution in [0.3, 0.4) is 0 Å². The monoisotopic (exact) mass is 378 g/mol. The molecular weight excluding hydrogens is 352 g/mol. The van der Waals surface area contributed by atoms with Crippen LogP contribution in [-0.4, -0.2) is 18.2 Å². The van der Waals surface area contributed by atoms with E-state index in [-0.39, 0.29) is 18.2 Å². The molecule has 0 aliphatic heterocycles. The normalized spacial score (nSPS) is 31.9. The molecule has 3 fully saturated rings. The lowest BCUT2D eigenvalue weighted by atomic mass is 9.58. The summed E-state index contributed by atoms with van der Waals surface area (Å²) in [6.45, 7) is 4.12. The fourth-order valence-corrected chi connectivity index (χ4v) is 5.58. The number of carbonyl (C=O) groups is 1. The van der Waals surface area contributed by atoms with Crippen LogP contribution in [0.25, 0.3) is 0 Å². The highest BCUT2D eigenvalue weighted by atomic mass is 16.6. The number of fused-ring (bicyclic) bond motifs is 1. The number of hydrogen-bond acceptors (Lipinski definition) is 4. The molecule has 0 saturated heterocycles. The largest absolute Gasteiger partial charge is 0.482 e. The minimum absolute atomic E-state index is 0.0543. The first kappa shape index (κ1) is 17.6. The third kappa shape index (κ3) is 2.95. The maximum Gasteiger partial charge on any atom is 0.344 e. The zero-order chi connectivity index (χ0) is 19.3. The van der Waals surface area contributed by atoms with Crippen LogP contribution in [0.4, 0.5) is 0 Å². The van der Waals surface area contributed by atoms with Gasteiger partial charge in [0.1, 0.15) is 22.8 Å². The van der Waals surface area contributed by atoms with Crippen LogP contribution < -0.4 is 9.47 Å². The molecule has 4 nitrogen and oxygen atoms in total. The summed E-state index contributed by atoms with van der Waals surface area (Å²) >= 11 is 0. The molecule has 2 bridgehead atoms. The first-order chi connectivity index (χ1) is 13.5. The van der Waals surface area contributed by atoms with E-state index in [4.69, 9.17) is 14.2 Å². The molecule has 28 heavy (non-hydrogen) atoms. The number of ether oxygens (including phenoxy) is 3. The molecular formula is C24H26O4. The van der Waals surface area contributed by atoms with Gasteiger partial charge in [0.05, 0.1) is 0 Å². The van der Waals surface area contributed by atoms with Crippen LogP contribution in [0.2, 0.25) is 0 Å². The molecule has 0 radical (unpaired) electrons. The molecule has 5 unspecified atom stereocenters. The van der Waals surface area contributed by atoms with Crippen molar-refractivity contribution in [3.05, 3.63) is 54.1 Å². The topological polar surface area (TPSA) is 44.8 Å². The quantitative estimate of drug-likeness (QED) is 0.653. The fraction of sp³-hybridized carbons (Fsp3) is 0.458. The van der Waals surface area contributed by atoms with Gasteiger partial charge >= 0.3 is 5.97 Å². The van der Waals surface area contributed by atoms with Crippen LogP contribution in [-0.2, 0) is 9.53 Å². The molecule has 3 saturated carbocycles.